The lowest BCUT2D eigenvalue weighted by Gasteiger charge is -2.36. The van der Waals surface area contributed by atoms with Crippen LogP contribution in [0.4, 0.5) is 5.69 Å². The number of hydrogen-bond donors (Lipinski definition) is 1. The third-order valence-electron chi connectivity index (χ3n) is 6.21. The number of aryl methyl sites for hydroxylation is 2. The number of para-hydroxylation sites is 1. The molecule has 3 aromatic rings. The highest BCUT2D eigenvalue weighted by Gasteiger charge is 2.21. The molecule has 0 aliphatic carbocycles. The van der Waals surface area contributed by atoms with Gasteiger partial charge < -0.3 is 19.7 Å². The molecule has 0 saturated carbocycles. The van der Waals surface area contributed by atoms with E-state index in [0.717, 1.165) is 23.3 Å². The number of nitrogens with zero attached hydrogens (tertiary/aromatic N) is 6. The Hall–Kier alpha value is -3.89. The fraction of sp³-hybridized carbons (Fsp3) is 0.435. The van der Waals surface area contributed by atoms with E-state index in [1.807, 2.05) is 18.2 Å². The van der Waals surface area contributed by atoms with Crippen LogP contribution in [0.3, 0.4) is 0 Å². The maximum atomic E-state index is 12.5. The highest BCUT2D eigenvalue weighted by molar-refractivity contribution is 5.84. The Balaban J connectivity index is 1.23. The smallest absolute Gasteiger partial charge is 0.332 e. The zero-order valence-electron chi connectivity index (χ0n) is 19.4. The largest absolute Gasteiger partial charge is 0.368 e. The number of benzene rings is 1. The molecule has 0 bridgehead atoms. The molecule has 1 N–H and O–H groups in total. The molecule has 180 valence electrons. The van der Waals surface area contributed by atoms with Crippen molar-refractivity contribution in [3.8, 4) is 0 Å². The maximum Gasteiger partial charge on any atom is 0.332 e. The first-order valence-corrected chi connectivity index (χ1v) is 11.3. The number of nitrogens with one attached hydrogen (secondary N) is 1. The molecule has 11 nitrogen and oxygen atoms in total. The van der Waals surface area contributed by atoms with Crippen molar-refractivity contribution in [2.45, 2.75) is 19.4 Å². The predicted molar refractivity (Wildman–Crippen MR) is 128 cm³/mol. The Kier molecular flexibility index (Phi) is 6.80. The molecule has 0 radical (unpaired) electrons. The van der Waals surface area contributed by atoms with Crippen molar-refractivity contribution in [1.29, 1.82) is 0 Å². The summed E-state index contributed by atoms with van der Waals surface area (Å²) >= 11 is 0. The van der Waals surface area contributed by atoms with Crippen LogP contribution in [0.15, 0.2) is 46.2 Å². The molecule has 0 unspecified atom stereocenters. The van der Waals surface area contributed by atoms with Crippen LogP contribution in [-0.2, 0) is 30.2 Å². The maximum absolute atomic E-state index is 12.5. The molecule has 4 rings (SSSR count). The summed E-state index contributed by atoms with van der Waals surface area (Å²) in [5.74, 6) is -0.313. The van der Waals surface area contributed by atoms with Crippen molar-refractivity contribution >= 4 is 28.7 Å². The van der Waals surface area contributed by atoms with Gasteiger partial charge in [0.15, 0.2) is 11.2 Å². The fourth-order valence-corrected chi connectivity index (χ4v) is 4.20. The summed E-state index contributed by atoms with van der Waals surface area (Å²) < 4.78 is 4.02. The summed E-state index contributed by atoms with van der Waals surface area (Å²) in [4.78, 5) is 57.4. The molecular weight excluding hydrogens is 438 g/mol. The average Bonchev–Trinajstić information content (AvgIpc) is 3.29. The predicted octanol–water partition coefficient (Wildman–Crippen LogP) is -0.321. The number of fused-ring (bicyclic) bond motifs is 1. The molecular formula is C23H29N7O4. The second kappa shape index (κ2) is 9.94. The van der Waals surface area contributed by atoms with Crippen molar-refractivity contribution in [2.75, 3.05) is 37.6 Å². The highest BCUT2D eigenvalue weighted by atomic mass is 16.2. The fourth-order valence-electron chi connectivity index (χ4n) is 4.20. The number of carbonyl (C=O) groups excluding carboxylic acids is 2. The topological polar surface area (TPSA) is 114 Å². The van der Waals surface area contributed by atoms with E-state index >= 15 is 0 Å². The molecule has 1 saturated heterocycles. The van der Waals surface area contributed by atoms with Crippen LogP contribution in [0.2, 0.25) is 0 Å². The number of piperazine rings is 1. The number of aromatic nitrogens is 4. The molecule has 11 heteroatoms. The van der Waals surface area contributed by atoms with E-state index in [1.54, 1.807) is 16.5 Å². The van der Waals surface area contributed by atoms with E-state index in [1.165, 1.54) is 17.9 Å². The number of anilines is 1. The Bertz CT molecular complexity index is 1300. The van der Waals surface area contributed by atoms with E-state index in [4.69, 9.17) is 0 Å². The summed E-state index contributed by atoms with van der Waals surface area (Å²) in [5, 5.41) is 2.70. The normalized spacial score (nSPS) is 13.9. The van der Waals surface area contributed by atoms with Crippen LogP contribution in [0.25, 0.3) is 11.2 Å². The van der Waals surface area contributed by atoms with Crippen molar-refractivity contribution in [3.05, 3.63) is 57.5 Å². The van der Waals surface area contributed by atoms with Crippen molar-refractivity contribution in [3.63, 3.8) is 0 Å². The van der Waals surface area contributed by atoms with Crippen LogP contribution in [0.5, 0.6) is 0 Å². The number of rotatable bonds is 7. The van der Waals surface area contributed by atoms with Gasteiger partial charge in [0.25, 0.3) is 5.56 Å². The van der Waals surface area contributed by atoms with Gasteiger partial charge in [0, 0.05) is 58.9 Å². The van der Waals surface area contributed by atoms with E-state index < -0.39 is 11.2 Å². The monoisotopic (exact) mass is 467 g/mol. The van der Waals surface area contributed by atoms with Gasteiger partial charge in [-0.3, -0.25) is 23.5 Å². The van der Waals surface area contributed by atoms with E-state index in [0.29, 0.717) is 37.2 Å². The summed E-state index contributed by atoms with van der Waals surface area (Å²) in [6, 6.07) is 10.1. The van der Waals surface area contributed by atoms with Gasteiger partial charge in [-0.15, -0.1) is 0 Å². The van der Waals surface area contributed by atoms with Crippen LogP contribution in [0.1, 0.15) is 12.8 Å². The number of amides is 2. The minimum absolute atomic E-state index is 0.0270. The third kappa shape index (κ3) is 4.73. The van der Waals surface area contributed by atoms with Gasteiger partial charge in [-0.05, 0) is 18.6 Å². The lowest BCUT2D eigenvalue weighted by molar-refractivity contribution is -0.133. The summed E-state index contributed by atoms with van der Waals surface area (Å²) in [7, 11) is 2.99. The van der Waals surface area contributed by atoms with Gasteiger partial charge in [-0.25, -0.2) is 9.78 Å². The van der Waals surface area contributed by atoms with Crippen LogP contribution < -0.4 is 21.5 Å². The standard InChI is InChI=1S/C23H29N7O4/c1-26-21-20(22(33)27(2)23(26)34)30(16-25-21)10-6-9-18(31)24-15-19(32)29-13-11-28(12-14-29)17-7-4-3-5-8-17/h3-5,7-8,16H,6,9-15H2,1-2H3,(H,24,31). The van der Waals surface area contributed by atoms with Gasteiger partial charge in [-0.2, -0.15) is 0 Å². The molecule has 2 amide bonds. The number of imidazole rings is 1. The molecule has 0 spiro atoms. The van der Waals surface area contributed by atoms with Crippen LogP contribution in [0, 0.1) is 0 Å². The molecule has 1 fully saturated rings. The second-order valence-corrected chi connectivity index (χ2v) is 8.40. The zero-order valence-corrected chi connectivity index (χ0v) is 19.4. The summed E-state index contributed by atoms with van der Waals surface area (Å²) in [6.45, 7) is 3.12. The SMILES string of the molecule is Cn1c(=O)c2c(ncn2CCCC(=O)NCC(=O)N2CCN(c3ccccc3)CC2)n(C)c1=O. The summed E-state index contributed by atoms with van der Waals surface area (Å²) in [5.41, 5.74) is 0.935. The molecule has 1 aliphatic heterocycles. The summed E-state index contributed by atoms with van der Waals surface area (Å²) in [6.07, 6.45) is 2.18. The Morgan fingerprint density at radius 2 is 1.71 bits per heavy atom. The molecule has 1 aliphatic rings. The molecule has 0 atom stereocenters. The van der Waals surface area contributed by atoms with Gasteiger partial charge in [0.1, 0.15) is 0 Å². The first-order valence-electron chi connectivity index (χ1n) is 11.3. The minimum Gasteiger partial charge on any atom is -0.368 e. The highest BCUT2D eigenvalue weighted by Crippen LogP contribution is 2.15. The van der Waals surface area contributed by atoms with Crippen molar-refractivity contribution in [1.82, 2.24) is 28.9 Å². The van der Waals surface area contributed by atoms with Crippen molar-refractivity contribution < 1.29 is 9.59 Å². The Morgan fingerprint density at radius 1 is 1.00 bits per heavy atom. The lowest BCUT2D eigenvalue weighted by Crippen LogP contribution is -2.51. The zero-order chi connectivity index (χ0) is 24.2. The van der Waals surface area contributed by atoms with E-state index in [9.17, 15) is 19.2 Å². The Morgan fingerprint density at radius 3 is 2.41 bits per heavy atom. The third-order valence-corrected chi connectivity index (χ3v) is 6.21. The lowest BCUT2D eigenvalue weighted by atomic mass is 10.2. The van der Waals surface area contributed by atoms with Crippen LogP contribution >= 0.6 is 0 Å². The first-order chi connectivity index (χ1) is 16.4. The van der Waals surface area contributed by atoms with E-state index in [-0.39, 0.29) is 24.8 Å². The van der Waals surface area contributed by atoms with Crippen LogP contribution in [-0.4, -0.2) is 68.1 Å². The Labute approximate surface area is 196 Å². The van der Waals surface area contributed by atoms with Gasteiger partial charge in [-0.1, -0.05) is 18.2 Å². The average molecular weight is 468 g/mol. The number of carbonyl (C=O) groups is 2. The molecule has 3 heterocycles. The molecule has 34 heavy (non-hydrogen) atoms. The van der Waals surface area contributed by atoms with Gasteiger partial charge in [0.2, 0.25) is 11.8 Å². The van der Waals surface area contributed by atoms with Crippen molar-refractivity contribution in [2.24, 2.45) is 14.1 Å². The molecule has 2 aromatic heterocycles. The molecule has 1 aromatic carbocycles. The minimum atomic E-state index is -0.437. The van der Waals surface area contributed by atoms with E-state index in [2.05, 4.69) is 27.3 Å². The van der Waals surface area contributed by atoms with Gasteiger partial charge >= 0.3 is 5.69 Å². The quantitative estimate of drug-likeness (QED) is 0.509. The first kappa shape index (κ1) is 23.3. The van der Waals surface area contributed by atoms with Gasteiger partial charge in [0.05, 0.1) is 12.9 Å². The number of hydrogen-bond acceptors (Lipinski definition) is 6. The second-order valence-electron chi connectivity index (χ2n) is 8.40.